The summed E-state index contributed by atoms with van der Waals surface area (Å²) in [7, 11) is 0. The predicted molar refractivity (Wildman–Crippen MR) is 40.6 cm³/mol. The van der Waals surface area contributed by atoms with E-state index in [1.54, 1.807) is 0 Å². The molecular weight excluding hydrogens is 126 g/mol. The van der Waals surface area contributed by atoms with Crippen LogP contribution in [0.4, 0.5) is 0 Å². The van der Waals surface area contributed by atoms with Crippen LogP contribution in [0.5, 0.6) is 0 Å². The molecule has 0 aromatic carbocycles. The molecule has 0 unspecified atom stereocenters. The van der Waals surface area contributed by atoms with Crippen molar-refractivity contribution >= 4 is 5.91 Å². The van der Waals surface area contributed by atoms with Crippen LogP contribution in [0.2, 0.25) is 0 Å². The molecule has 1 aliphatic rings. The van der Waals surface area contributed by atoms with E-state index < -0.39 is 0 Å². The Balaban J connectivity index is 2.32. The van der Waals surface area contributed by atoms with Crippen molar-refractivity contribution in [2.75, 3.05) is 6.54 Å². The summed E-state index contributed by atoms with van der Waals surface area (Å²) in [5, 5.41) is 2.88. The molecule has 0 aromatic rings. The van der Waals surface area contributed by atoms with E-state index in [1.807, 2.05) is 0 Å². The summed E-state index contributed by atoms with van der Waals surface area (Å²) in [5.74, 6) is 0.812. The molecule has 1 rings (SSSR count). The van der Waals surface area contributed by atoms with Crippen molar-refractivity contribution in [3.05, 3.63) is 0 Å². The Morgan fingerprint density at radius 3 is 3.10 bits per heavy atom. The van der Waals surface area contributed by atoms with Crippen LogP contribution in [0.1, 0.15) is 32.6 Å². The number of hydrogen-bond donors (Lipinski definition) is 1. The Hall–Kier alpha value is -0.530. The van der Waals surface area contributed by atoms with Gasteiger partial charge in [0.15, 0.2) is 0 Å². The van der Waals surface area contributed by atoms with E-state index in [4.69, 9.17) is 0 Å². The van der Waals surface area contributed by atoms with Gasteiger partial charge in [-0.25, -0.2) is 0 Å². The van der Waals surface area contributed by atoms with Gasteiger partial charge >= 0.3 is 0 Å². The molecule has 1 heterocycles. The van der Waals surface area contributed by atoms with Gasteiger partial charge in [-0.3, -0.25) is 4.79 Å². The third-order valence-electron chi connectivity index (χ3n) is 1.98. The molecule has 0 radical (unpaired) electrons. The maximum atomic E-state index is 10.9. The minimum absolute atomic E-state index is 0.229. The molecule has 1 aliphatic heterocycles. The van der Waals surface area contributed by atoms with Crippen molar-refractivity contribution in [3.8, 4) is 0 Å². The Bertz CT molecular complexity index is 122. The standard InChI is InChI=1S/C8H15NO/c1-7-4-2-3-5-9-8(10)6-7/h7H,2-6H2,1H3,(H,9,10)/t7-/m1/s1. The average Bonchev–Trinajstić information content (AvgIpc) is 1.83. The third-order valence-corrected chi connectivity index (χ3v) is 1.98. The highest BCUT2D eigenvalue weighted by molar-refractivity contribution is 5.76. The minimum atomic E-state index is 0.229. The lowest BCUT2D eigenvalue weighted by atomic mass is 9.98. The van der Waals surface area contributed by atoms with Gasteiger partial charge in [0, 0.05) is 13.0 Å². The zero-order valence-corrected chi connectivity index (χ0v) is 6.52. The predicted octanol–water partition coefficient (Wildman–Crippen LogP) is 1.31. The van der Waals surface area contributed by atoms with Crippen LogP contribution in [0.3, 0.4) is 0 Å². The van der Waals surface area contributed by atoms with Crippen molar-refractivity contribution in [2.45, 2.75) is 32.6 Å². The number of rotatable bonds is 0. The quantitative estimate of drug-likeness (QED) is 0.541. The first-order valence-electron chi connectivity index (χ1n) is 4.06. The first-order chi connectivity index (χ1) is 4.79. The molecule has 1 N–H and O–H groups in total. The summed E-state index contributed by atoms with van der Waals surface area (Å²) in [6, 6.07) is 0. The van der Waals surface area contributed by atoms with Crippen LogP contribution >= 0.6 is 0 Å². The van der Waals surface area contributed by atoms with Gasteiger partial charge in [-0.1, -0.05) is 19.8 Å². The summed E-state index contributed by atoms with van der Waals surface area (Å²) in [6.07, 6.45) is 4.35. The highest BCUT2D eigenvalue weighted by Crippen LogP contribution is 2.13. The van der Waals surface area contributed by atoms with Gasteiger partial charge in [0.25, 0.3) is 0 Å². The van der Waals surface area contributed by atoms with E-state index in [0.717, 1.165) is 19.4 Å². The number of nitrogens with one attached hydrogen (secondary N) is 1. The van der Waals surface area contributed by atoms with E-state index in [1.165, 1.54) is 12.8 Å². The van der Waals surface area contributed by atoms with Crippen LogP contribution in [-0.4, -0.2) is 12.5 Å². The van der Waals surface area contributed by atoms with E-state index in [0.29, 0.717) is 5.92 Å². The molecule has 1 amide bonds. The van der Waals surface area contributed by atoms with Crippen molar-refractivity contribution in [2.24, 2.45) is 5.92 Å². The Labute approximate surface area is 62.0 Å². The number of carbonyl (C=O) groups excluding carboxylic acids is 1. The number of carbonyl (C=O) groups is 1. The lowest BCUT2D eigenvalue weighted by Crippen LogP contribution is -2.27. The molecule has 0 spiro atoms. The highest BCUT2D eigenvalue weighted by atomic mass is 16.1. The Kier molecular flexibility index (Phi) is 2.72. The second-order valence-corrected chi connectivity index (χ2v) is 3.16. The fraction of sp³-hybridized carbons (Fsp3) is 0.875. The van der Waals surface area contributed by atoms with E-state index in [-0.39, 0.29) is 5.91 Å². The maximum absolute atomic E-state index is 10.9. The second kappa shape index (κ2) is 3.59. The fourth-order valence-electron chi connectivity index (χ4n) is 1.34. The molecule has 2 nitrogen and oxygen atoms in total. The molecule has 2 heteroatoms. The molecule has 0 bridgehead atoms. The number of amides is 1. The molecule has 58 valence electrons. The van der Waals surface area contributed by atoms with Crippen molar-refractivity contribution in [1.29, 1.82) is 0 Å². The summed E-state index contributed by atoms with van der Waals surface area (Å²) in [4.78, 5) is 10.9. The van der Waals surface area contributed by atoms with Gasteiger partial charge in [-0.15, -0.1) is 0 Å². The Morgan fingerprint density at radius 1 is 1.50 bits per heavy atom. The van der Waals surface area contributed by atoms with Gasteiger partial charge in [-0.05, 0) is 12.3 Å². The topological polar surface area (TPSA) is 29.1 Å². The van der Waals surface area contributed by atoms with Crippen LogP contribution in [0, 0.1) is 5.92 Å². The molecular formula is C8H15NO. The fourth-order valence-corrected chi connectivity index (χ4v) is 1.34. The largest absolute Gasteiger partial charge is 0.356 e. The second-order valence-electron chi connectivity index (χ2n) is 3.16. The van der Waals surface area contributed by atoms with E-state index >= 15 is 0 Å². The molecule has 0 saturated carbocycles. The smallest absolute Gasteiger partial charge is 0.220 e. The Morgan fingerprint density at radius 2 is 2.30 bits per heavy atom. The molecule has 0 aromatic heterocycles. The monoisotopic (exact) mass is 141 g/mol. The molecule has 1 fully saturated rings. The van der Waals surface area contributed by atoms with Crippen LogP contribution in [0.15, 0.2) is 0 Å². The first-order valence-corrected chi connectivity index (χ1v) is 4.06. The van der Waals surface area contributed by atoms with Crippen LogP contribution in [0.25, 0.3) is 0 Å². The molecule has 1 atom stereocenters. The molecule has 1 saturated heterocycles. The van der Waals surface area contributed by atoms with Crippen molar-refractivity contribution in [3.63, 3.8) is 0 Å². The van der Waals surface area contributed by atoms with Gasteiger partial charge in [0.2, 0.25) is 5.91 Å². The lowest BCUT2D eigenvalue weighted by Gasteiger charge is -2.14. The number of hydrogen-bond acceptors (Lipinski definition) is 1. The zero-order chi connectivity index (χ0) is 7.40. The molecule has 10 heavy (non-hydrogen) atoms. The first kappa shape index (κ1) is 7.58. The summed E-state index contributed by atoms with van der Waals surface area (Å²) < 4.78 is 0. The third kappa shape index (κ3) is 2.38. The zero-order valence-electron chi connectivity index (χ0n) is 6.52. The SMILES string of the molecule is C[C@@H]1CCCCNC(=O)C1. The van der Waals surface area contributed by atoms with Gasteiger partial charge in [0.05, 0.1) is 0 Å². The maximum Gasteiger partial charge on any atom is 0.220 e. The summed E-state index contributed by atoms with van der Waals surface area (Å²) in [5.41, 5.74) is 0. The highest BCUT2D eigenvalue weighted by Gasteiger charge is 2.10. The van der Waals surface area contributed by atoms with Gasteiger partial charge in [-0.2, -0.15) is 0 Å². The van der Waals surface area contributed by atoms with E-state index in [9.17, 15) is 4.79 Å². The normalized spacial score (nSPS) is 28.5. The molecule has 0 aliphatic carbocycles. The summed E-state index contributed by atoms with van der Waals surface area (Å²) in [6.45, 7) is 3.02. The lowest BCUT2D eigenvalue weighted by molar-refractivity contribution is -0.122. The average molecular weight is 141 g/mol. The summed E-state index contributed by atoms with van der Waals surface area (Å²) >= 11 is 0. The van der Waals surface area contributed by atoms with Crippen molar-refractivity contribution in [1.82, 2.24) is 5.32 Å². The minimum Gasteiger partial charge on any atom is -0.356 e. The van der Waals surface area contributed by atoms with Crippen LogP contribution in [-0.2, 0) is 4.79 Å². The van der Waals surface area contributed by atoms with Crippen molar-refractivity contribution < 1.29 is 4.79 Å². The van der Waals surface area contributed by atoms with Gasteiger partial charge < -0.3 is 5.32 Å². The van der Waals surface area contributed by atoms with Gasteiger partial charge in [0.1, 0.15) is 0 Å². The van der Waals surface area contributed by atoms with Crippen LogP contribution < -0.4 is 5.32 Å². The van der Waals surface area contributed by atoms with E-state index in [2.05, 4.69) is 12.2 Å².